The molecule has 1 saturated heterocycles. The topological polar surface area (TPSA) is 61.8 Å². The zero-order chi connectivity index (χ0) is 17.4. The summed E-state index contributed by atoms with van der Waals surface area (Å²) in [6.07, 6.45) is -0.937. The summed E-state index contributed by atoms with van der Waals surface area (Å²) in [7, 11) is 0. The first-order valence-corrected chi connectivity index (χ1v) is 6.58. The van der Waals surface area contributed by atoms with Gasteiger partial charge in [0.2, 0.25) is 11.6 Å². The predicted molar refractivity (Wildman–Crippen MR) is 66.7 cm³/mol. The van der Waals surface area contributed by atoms with Gasteiger partial charge in [0.1, 0.15) is 18.6 Å². The average Bonchev–Trinajstić information content (AvgIpc) is 2.56. The fourth-order valence-electron chi connectivity index (χ4n) is 1.96. The standard InChI is InChI=1S/C14H12F4O5/c1-3-14(4-21-13(20)22-5-14)12(19)23-11-8(16)6(2)7(15)9(17)10(11)18/h3-5H2,1-2H3. The summed E-state index contributed by atoms with van der Waals surface area (Å²) in [6, 6.07) is 0. The van der Waals surface area contributed by atoms with E-state index in [1.807, 2.05) is 0 Å². The molecule has 0 aliphatic carbocycles. The molecule has 1 aromatic carbocycles. The van der Waals surface area contributed by atoms with Crippen LogP contribution < -0.4 is 4.74 Å². The van der Waals surface area contributed by atoms with Crippen LogP contribution in [0.2, 0.25) is 0 Å². The molecule has 9 heteroatoms. The number of halogens is 4. The van der Waals surface area contributed by atoms with Gasteiger partial charge in [0.15, 0.2) is 17.5 Å². The van der Waals surface area contributed by atoms with E-state index < -0.39 is 65.3 Å². The number of benzene rings is 1. The maximum atomic E-state index is 13.9. The van der Waals surface area contributed by atoms with Crippen molar-refractivity contribution in [3.8, 4) is 5.75 Å². The fraction of sp³-hybridized carbons (Fsp3) is 0.429. The van der Waals surface area contributed by atoms with Crippen LogP contribution in [0.5, 0.6) is 5.75 Å². The van der Waals surface area contributed by atoms with Gasteiger partial charge in [0.05, 0.1) is 0 Å². The van der Waals surface area contributed by atoms with Crippen LogP contribution in [0, 0.1) is 35.6 Å². The van der Waals surface area contributed by atoms with Crippen LogP contribution >= 0.6 is 0 Å². The van der Waals surface area contributed by atoms with E-state index in [0.717, 1.165) is 6.92 Å². The van der Waals surface area contributed by atoms with Crippen molar-refractivity contribution in [2.45, 2.75) is 20.3 Å². The number of hydrogen-bond donors (Lipinski definition) is 0. The molecule has 1 heterocycles. The van der Waals surface area contributed by atoms with Crippen LogP contribution in [0.3, 0.4) is 0 Å². The second-order valence-corrected chi connectivity index (χ2v) is 5.06. The Labute approximate surface area is 128 Å². The first-order valence-electron chi connectivity index (χ1n) is 6.58. The maximum Gasteiger partial charge on any atom is 0.508 e. The fourth-order valence-corrected chi connectivity index (χ4v) is 1.96. The third-order valence-corrected chi connectivity index (χ3v) is 3.68. The largest absolute Gasteiger partial charge is 0.508 e. The molecule has 5 nitrogen and oxygen atoms in total. The van der Waals surface area contributed by atoms with E-state index in [0.29, 0.717) is 0 Å². The van der Waals surface area contributed by atoms with Crippen molar-refractivity contribution >= 4 is 12.1 Å². The number of rotatable bonds is 3. The lowest BCUT2D eigenvalue weighted by molar-refractivity contribution is -0.159. The number of carbonyl (C=O) groups excluding carboxylic acids is 2. The molecule has 23 heavy (non-hydrogen) atoms. The van der Waals surface area contributed by atoms with Crippen molar-refractivity contribution < 1.29 is 41.4 Å². The molecule has 0 aromatic heterocycles. The van der Waals surface area contributed by atoms with Gasteiger partial charge < -0.3 is 14.2 Å². The van der Waals surface area contributed by atoms with E-state index in [4.69, 9.17) is 0 Å². The molecule has 0 unspecified atom stereocenters. The van der Waals surface area contributed by atoms with Crippen molar-refractivity contribution in [2.75, 3.05) is 13.2 Å². The quantitative estimate of drug-likeness (QED) is 0.279. The summed E-state index contributed by atoms with van der Waals surface area (Å²) in [4.78, 5) is 23.1. The molecule has 0 amide bonds. The Morgan fingerprint density at radius 1 is 1.09 bits per heavy atom. The van der Waals surface area contributed by atoms with Gasteiger partial charge in [0.25, 0.3) is 0 Å². The Balaban J connectivity index is 2.35. The van der Waals surface area contributed by atoms with Crippen LogP contribution in [-0.2, 0) is 14.3 Å². The van der Waals surface area contributed by atoms with Crippen molar-refractivity contribution in [1.29, 1.82) is 0 Å². The SMILES string of the molecule is CCC1(C(=O)Oc2c(F)c(C)c(F)c(F)c2F)COC(=O)OC1. The molecule has 1 aliphatic rings. The molecular formula is C14H12F4O5. The summed E-state index contributed by atoms with van der Waals surface area (Å²) < 4.78 is 67.9. The van der Waals surface area contributed by atoms with Crippen LogP contribution in [-0.4, -0.2) is 25.3 Å². The number of cyclic esters (lactones) is 2. The molecule has 1 aromatic rings. The van der Waals surface area contributed by atoms with Crippen LogP contribution in [0.25, 0.3) is 0 Å². The van der Waals surface area contributed by atoms with E-state index >= 15 is 0 Å². The van der Waals surface area contributed by atoms with Crippen molar-refractivity contribution in [1.82, 2.24) is 0 Å². The minimum Gasteiger partial charge on any atom is -0.433 e. The van der Waals surface area contributed by atoms with Gasteiger partial charge >= 0.3 is 12.1 Å². The minimum absolute atomic E-state index is 0.0605. The Hall–Kier alpha value is -2.32. The molecule has 0 atom stereocenters. The molecule has 1 aliphatic heterocycles. The summed E-state index contributed by atoms with van der Waals surface area (Å²) in [5, 5.41) is 0. The smallest absolute Gasteiger partial charge is 0.433 e. The highest BCUT2D eigenvalue weighted by Crippen LogP contribution is 2.34. The summed E-state index contributed by atoms with van der Waals surface area (Å²) in [6.45, 7) is 1.55. The number of hydrogen-bond acceptors (Lipinski definition) is 5. The molecule has 0 saturated carbocycles. The number of ether oxygens (including phenoxy) is 3. The van der Waals surface area contributed by atoms with Gasteiger partial charge in [-0.3, -0.25) is 4.79 Å². The molecule has 0 radical (unpaired) electrons. The second kappa shape index (κ2) is 6.05. The van der Waals surface area contributed by atoms with E-state index in [-0.39, 0.29) is 6.42 Å². The minimum atomic E-state index is -1.96. The Morgan fingerprint density at radius 3 is 2.17 bits per heavy atom. The highest BCUT2D eigenvalue weighted by atomic mass is 19.2. The van der Waals surface area contributed by atoms with Crippen molar-refractivity contribution in [3.05, 3.63) is 28.8 Å². The predicted octanol–water partition coefficient (Wildman–Crippen LogP) is 3.02. The Kier molecular flexibility index (Phi) is 4.49. The molecular weight excluding hydrogens is 324 g/mol. The Morgan fingerprint density at radius 2 is 1.65 bits per heavy atom. The van der Waals surface area contributed by atoms with E-state index in [1.54, 1.807) is 0 Å². The summed E-state index contributed by atoms with van der Waals surface area (Å²) in [5.41, 5.74) is -2.32. The van der Waals surface area contributed by atoms with Gasteiger partial charge in [-0.05, 0) is 13.3 Å². The number of esters is 1. The van der Waals surface area contributed by atoms with Crippen LogP contribution in [0.4, 0.5) is 22.4 Å². The maximum absolute atomic E-state index is 13.9. The molecule has 0 N–H and O–H groups in total. The van der Waals surface area contributed by atoms with Gasteiger partial charge in [0, 0.05) is 5.56 Å². The van der Waals surface area contributed by atoms with Crippen LogP contribution in [0.1, 0.15) is 18.9 Å². The van der Waals surface area contributed by atoms with Gasteiger partial charge in [-0.15, -0.1) is 0 Å². The van der Waals surface area contributed by atoms with Gasteiger partial charge in [-0.1, -0.05) is 6.92 Å². The van der Waals surface area contributed by atoms with E-state index in [9.17, 15) is 27.2 Å². The van der Waals surface area contributed by atoms with Gasteiger partial charge in [-0.2, -0.15) is 4.39 Å². The zero-order valence-electron chi connectivity index (χ0n) is 12.2. The highest BCUT2D eigenvalue weighted by Gasteiger charge is 2.46. The van der Waals surface area contributed by atoms with E-state index in [1.165, 1.54) is 6.92 Å². The Bertz CT molecular complexity index is 635. The first kappa shape index (κ1) is 17.0. The van der Waals surface area contributed by atoms with Crippen molar-refractivity contribution in [3.63, 3.8) is 0 Å². The molecule has 2 rings (SSSR count). The van der Waals surface area contributed by atoms with Gasteiger partial charge in [-0.25, -0.2) is 18.0 Å². The lowest BCUT2D eigenvalue weighted by Crippen LogP contribution is -2.47. The highest BCUT2D eigenvalue weighted by molar-refractivity contribution is 5.81. The number of carbonyl (C=O) groups is 2. The lowest BCUT2D eigenvalue weighted by Gasteiger charge is -2.32. The molecule has 126 valence electrons. The average molecular weight is 336 g/mol. The lowest BCUT2D eigenvalue weighted by atomic mass is 9.86. The molecule has 0 spiro atoms. The normalized spacial score (nSPS) is 16.5. The second-order valence-electron chi connectivity index (χ2n) is 5.06. The first-order chi connectivity index (χ1) is 10.7. The molecule has 0 bridgehead atoms. The van der Waals surface area contributed by atoms with Crippen molar-refractivity contribution in [2.24, 2.45) is 5.41 Å². The zero-order valence-corrected chi connectivity index (χ0v) is 12.2. The summed E-state index contributed by atoms with van der Waals surface area (Å²) in [5.74, 6) is -9.69. The van der Waals surface area contributed by atoms with Crippen LogP contribution in [0.15, 0.2) is 0 Å². The van der Waals surface area contributed by atoms with E-state index in [2.05, 4.69) is 14.2 Å². The summed E-state index contributed by atoms with van der Waals surface area (Å²) >= 11 is 0. The third-order valence-electron chi connectivity index (χ3n) is 3.68. The molecule has 1 fully saturated rings. The monoisotopic (exact) mass is 336 g/mol. The third kappa shape index (κ3) is 2.82.